The van der Waals surface area contributed by atoms with Crippen LogP contribution in [0.15, 0.2) is 23.1 Å². The third-order valence-electron chi connectivity index (χ3n) is 5.31. The number of hydrogen-bond donors (Lipinski definition) is 2. The topological polar surface area (TPSA) is 122 Å². The van der Waals surface area contributed by atoms with E-state index in [1.807, 2.05) is 19.9 Å². The first kappa shape index (κ1) is 20.9. The second-order valence-corrected chi connectivity index (χ2v) is 7.31. The number of fused-ring (bicyclic) bond motifs is 1. The molecule has 0 radical (unpaired) electrons. The Hall–Kier alpha value is -2.78. The quantitative estimate of drug-likeness (QED) is 0.670. The Bertz CT molecular complexity index is 983. The third kappa shape index (κ3) is 4.46. The first-order chi connectivity index (χ1) is 13.8. The van der Waals surface area contributed by atoms with Gasteiger partial charge in [0.1, 0.15) is 17.8 Å². The molecule has 1 fully saturated rings. The number of rotatable bonds is 7. The number of likely N-dealkylation sites (N-methyl/N-ethyl adjacent to an activating group) is 1. The smallest absolute Gasteiger partial charge is 0.265 e. The van der Waals surface area contributed by atoms with Crippen molar-refractivity contribution in [3.8, 4) is 0 Å². The van der Waals surface area contributed by atoms with E-state index in [2.05, 4.69) is 9.88 Å². The highest BCUT2D eigenvalue weighted by Crippen LogP contribution is 2.18. The van der Waals surface area contributed by atoms with E-state index >= 15 is 0 Å². The summed E-state index contributed by atoms with van der Waals surface area (Å²) in [6.07, 6.45) is 2.08. The zero-order valence-electron chi connectivity index (χ0n) is 16.8. The molecule has 0 aliphatic carbocycles. The van der Waals surface area contributed by atoms with Gasteiger partial charge in [-0.05, 0) is 38.0 Å². The molecule has 1 aliphatic heterocycles. The van der Waals surface area contributed by atoms with Gasteiger partial charge in [-0.15, -0.1) is 0 Å². The molecular weight excluding hydrogens is 374 g/mol. The molecule has 2 amide bonds. The van der Waals surface area contributed by atoms with Gasteiger partial charge in [0, 0.05) is 44.3 Å². The molecule has 1 unspecified atom stereocenters. The molecule has 0 bridgehead atoms. The van der Waals surface area contributed by atoms with Crippen LogP contribution < -0.4 is 11.3 Å². The minimum Gasteiger partial charge on any atom is -0.392 e. The average molecular weight is 401 g/mol. The number of hydrogen-bond acceptors (Lipinski definition) is 6. The molecule has 3 heterocycles. The van der Waals surface area contributed by atoms with Crippen LogP contribution in [0.2, 0.25) is 0 Å². The summed E-state index contributed by atoms with van der Waals surface area (Å²) in [6.45, 7) is 6.57. The highest BCUT2D eigenvalue weighted by Gasteiger charge is 2.22. The van der Waals surface area contributed by atoms with Crippen molar-refractivity contribution in [3.05, 3.63) is 39.8 Å². The van der Waals surface area contributed by atoms with Gasteiger partial charge in [-0.25, -0.2) is 4.98 Å². The lowest BCUT2D eigenvalue weighted by atomic mass is 10.1. The molecule has 9 nitrogen and oxygen atoms in total. The second-order valence-electron chi connectivity index (χ2n) is 7.31. The fraction of sp³-hybridized carbons (Fsp3) is 0.500. The summed E-state index contributed by atoms with van der Waals surface area (Å²) in [5.41, 5.74) is 5.84. The minimum absolute atomic E-state index is 0.166. The van der Waals surface area contributed by atoms with Crippen molar-refractivity contribution in [2.75, 3.05) is 26.2 Å². The van der Waals surface area contributed by atoms with Gasteiger partial charge in [-0.3, -0.25) is 23.9 Å². The minimum atomic E-state index is -0.839. The van der Waals surface area contributed by atoms with Crippen molar-refractivity contribution in [1.82, 2.24) is 19.4 Å². The molecule has 156 valence electrons. The Morgan fingerprint density at radius 3 is 2.62 bits per heavy atom. The summed E-state index contributed by atoms with van der Waals surface area (Å²) in [7, 11) is 0. The maximum absolute atomic E-state index is 12.8. The van der Waals surface area contributed by atoms with E-state index in [0.29, 0.717) is 37.2 Å². The summed E-state index contributed by atoms with van der Waals surface area (Å²) in [6, 6.07) is 3.28. The van der Waals surface area contributed by atoms with E-state index in [0.717, 1.165) is 18.5 Å². The fourth-order valence-electron chi connectivity index (χ4n) is 3.75. The number of aromatic nitrogens is 2. The van der Waals surface area contributed by atoms with Crippen molar-refractivity contribution < 1.29 is 14.7 Å². The molecular formula is C20H27N5O4. The molecule has 0 aromatic carbocycles. The van der Waals surface area contributed by atoms with E-state index in [1.165, 1.54) is 10.6 Å². The Balaban J connectivity index is 2.02. The SMILES string of the molecule is CCN(CC)C(=O)Cn1c(=O)c(C(N)=O)cc2cc(CN3CCC(O)C3)cnc21. The first-order valence-corrected chi connectivity index (χ1v) is 9.84. The molecule has 9 heteroatoms. The predicted octanol–water partition coefficient (Wildman–Crippen LogP) is -0.0696. The van der Waals surface area contributed by atoms with E-state index in [9.17, 15) is 19.5 Å². The lowest BCUT2D eigenvalue weighted by molar-refractivity contribution is -0.131. The number of pyridine rings is 2. The normalized spacial score (nSPS) is 17.0. The lowest BCUT2D eigenvalue weighted by Gasteiger charge is -2.20. The molecule has 1 aliphatic rings. The summed E-state index contributed by atoms with van der Waals surface area (Å²) in [5, 5.41) is 10.3. The van der Waals surface area contributed by atoms with Gasteiger partial charge in [0.15, 0.2) is 0 Å². The monoisotopic (exact) mass is 401 g/mol. The number of amides is 2. The summed E-state index contributed by atoms with van der Waals surface area (Å²) < 4.78 is 1.22. The lowest BCUT2D eigenvalue weighted by Crippen LogP contribution is -2.38. The molecule has 1 saturated heterocycles. The second kappa shape index (κ2) is 8.71. The summed E-state index contributed by atoms with van der Waals surface area (Å²) >= 11 is 0. The van der Waals surface area contributed by atoms with Crippen LogP contribution in [-0.2, 0) is 17.9 Å². The average Bonchev–Trinajstić information content (AvgIpc) is 3.09. The largest absolute Gasteiger partial charge is 0.392 e. The Morgan fingerprint density at radius 1 is 1.31 bits per heavy atom. The zero-order valence-corrected chi connectivity index (χ0v) is 16.8. The van der Waals surface area contributed by atoms with Crippen molar-refractivity contribution in [2.24, 2.45) is 5.73 Å². The van der Waals surface area contributed by atoms with E-state index in [1.54, 1.807) is 11.1 Å². The molecule has 0 spiro atoms. The van der Waals surface area contributed by atoms with Crippen LogP contribution in [-0.4, -0.2) is 68.6 Å². The number of β-amino-alcohol motifs (C(OH)–C–C–N with tert-alkyl or cyclic N) is 1. The first-order valence-electron chi connectivity index (χ1n) is 9.84. The summed E-state index contributed by atoms with van der Waals surface area (Å²) in [4.78, 5) is 45.3. The van der Waals surface area contributed by atoms with Crippen LogP contribution in [0.3, 0.4) is 0 Å². The van der Waals surface area contributed by atoms with Crippen LogP contribution in [0, 0.1) is 0 Å². The maximum Gasteiger partial charge on any atom is 0.265 e. The number of likely N-dealkylation sites (tertiary alicyclic amines) is 1. The molecule has 3 N–H and O–H groups in total. The van der Waals surface area contributed by atoms with E-state index in [4.69, 9.17) is 5.73 Å². The standard InChI is InChI=1S/C20H27N5O4/c1-3-24(4-2)17(27)12-25-19-14(8-16(18(21)28)20(25)29)7-13(9-22-19)10-23-6-5-15(26)11-23/h7-9,15,26H,3-6,10-12H2,1-2H3,(H2,21,28). The maximum atomic E-state index is 12.8. The Labute approximate surface area is 168 Å². The van der Waals surface area contributed by atoms with Crippen LogP contribution in [0.5, 0.6) is 0 Å². The van der Waals surface area contributed by atoms with Gasteiger partial charge in [-0.1, -0.05) is 0 Å². The predicted molar refractivity (Wildman–Crippen MR) is 108 cm³/mol. The molecule has 0 saturated carbocycles. The van der Waals surface area contributed by atoms with E-state index < -0.39 is 11.5 Å². The van der Waals surface area contributed by atoms with Gasteiger partial charge in [0.05, 0.1) is 6.10 Å². The number of aliphatic hydroxyl groups is 1. The van der Waals surface area contributed by atoms with Gasteiger partial charge < -0.3 is 15.7 Å². The summed E-state index contributed by atoms with van der Waals surface area (Å²) in [5.74, 6) is -1.06. The fourth-order valence-corrected chi connectivity index (χ4v) is 3.75. The van der Waals surface area contributed by atoms with Gasteiger partial charge in [0.25, 0.3) is 11.5 Å². The molecule has 2 aromatic rings. The molecule has 2 aromatic heterocycles. The van der Waals surface area contributed by atoms with Crippen LogP contribution in [0.25, 0.3) is 11.0 Å². The van der Waals surface area contributed by atoms with Crippen molar-refractivity contribution >= 4 is 22.8 Å². The number of nitrogens with zero attached hydrogens (tertiary/aromatic N) is 4. The van der Waals surface area contributed by atoms with Crippen molar-refractivity contribution in [2.45, 2.75) is 39.5 Å². The number of aliphatic hydroxyl groups excluding tert-OH is 1. The molecule has 29 heavy (non-hydrogen) atoms. The Morgan fingerprint density at radius 2 is 2.03 bits per heavy atom. The number of carbonyl (C=O) groups is 2. The van der Waals surface area contributed by atoms with Crippen molar-refractivity contribution in [3.63, 3.8) is 0 Å². The molecule has 3 rings (SSSR count). The van der Waals surface area contributed by atoms with E-state index in [-0.39, 0.29) is 24.1 Å². The third-order valence-corrected chi connectivity index (χ3v) is 5.31. The van der Waals surface area contributed by atoms with Gasteiger partial charge in [0.2, 0.25) is 5.91 Å². The van der Waals surface area contributed by atoms with Crippen LogP contribution in [0.1, 0.15) is 36.2 Å². The number of nitrogens with two attached hydrogens (primary N) is 1. The van der Waals surface area contributed by atoms with Gasteiger partial charge >= 0.3 is 0 Å². The van der Waals surface area contributed by atoms with Gasteiger partial charge in [-0.2, -0.15) is 0 Å². The zero-order chi connectivity index (χ0) is 21.1. The van der Waals surface area contributed by atoms with Crippen molar-refractivity contribution in [1.29, 1.82) is 0 Å². The highest BCUT2D eigenvalue weighted by atomic mass is 16.3. The molecule has 1 atom stereocenters. The Kier molecular flexibility index (Phi) is 6.29. The van der Waals surface area contributed by atoms with Crippen LogP contribution >= 0.6 is 0 Å². The highest BCUT2D eigenvalue weighted by molar-refractivity contribution is 5.96. The van der Waals surface area contributed by atoms with Crippen LogP contribution in [0.4, 0.5) is 0 Å². The number of primary amides is 1. The number of carbonyl (C=O) groups excluding carboxylic acids is 2.